The minimum Gasteiger partial charge on any atom is -0.333 e. The second-order valence-electron chi connectivity index (χ2n) is 9.30. The lowest BCUT2D eigenvalue weighted by molar-refractivity contribution is 0.182. The Labute approximate surface area is 205 Å². The van der Waals surface area contributed by atoms with Gasteiger partial charge in [0.2, 0.25) is 0 Å². The van der Waals surface area contributed by atoms with Gasteiger partial charge in [0.05, 0.1) is 5.71 Å². The van der Waals surface area contributed by atoms with Crippen LogP contribution >= 0.6 is 0 Å². The predicted molar refractivity (Wildman–Crippen MR) is 143 cm³/mol. The van der Waals surface area contributed by atoms with Crippen LogP contribution < -0.4 is 10.6 Å². The number of amides is 2. The Balaban J connectivity index is 2.23. The monoisotopic (exact) mass is 458 g/mol. The van der Waals surface area contributed by atoms with Gasteiger partial charge in [-0.1, -0.05) is 99.9 Å². The third-order valence-electron chi connectivity index (χ3n) is 5.52. The maximum absolute atomic E-state index is 13.4. The van der Waals surface area contributed by atoms with Crippen LogP contribution in [0.5, 0.6) is 0 Å². The van der Waals surface area contributed by atoms with Crippen molar-refractivity contribution in [3.63, 3.8) is 0 Å². The molecule has 0 aliphatic rings. The number of rotatable bonds is 12. The molecule has 34 heavy (non-hydrogen) atoms. The Hall–Kier alpha value is -3.36. The third kappa shape index (κ3) is 8.88. The van der Waals surface area contributed by atoms with E-state index in [0.717, 1.165) is 43.5 Å². The Morgan fingerprint density at radius 2 is 1.68 bits per heavy atom. The van der Waals surface area contributed by atoms with E-state index >= 15 is 0 Å². The zero-order valence-electron chi connectivity index (χ0n) is 20.8. The van der Waals surface area contributed by atoms with Crippen molar-refractivity contribution in [3.8, 4) is 12.3 Å². The highest BCUT2D eigenvalue weighted by molar-refractivity contribution is 6.13. The van der Waals surface area contributed by atoms with Crippen LogP contribution in [0.4, 0.5) is 4.79 Å². The molecule has 0 saturated carbocycles. The molecule has 5 nitrogen and oxygen atoms in total. The molecule has 1 atom stereocenters. The second-order valence-corrected chi connectivity index (χ2v) is 9.30. The van der Waals surface area contributed by atoms with Crippen molar-refractivity contribution in [1.82, 2.24) is 15.6 Å². The Morgan fingerprint density at radius 3 is 2.18 bits per heavy atom. The number of hydrogen-bond acceptors (Lipinski definition) is 3. The van der Waals surface area contributed by atoms with Crippen molar-refractivity contribution in [1.29, 1.82) is 0 Å². The molecule has 0 aliphatic heterocycles. The number of nitrogens with one attached hydrogen (secondary N) is 2. The van der Waals surface area contributed by atoms with E-state index in [0.29, 0.717) is 5.71 Å². The minimum atomic E-state index is -0.285. The van der Waals surface area contributed by atoms with E-state index in [1.54, 1.807) is 0 Å². The van der Waals surface area contributed by atoms with Crippen LogP contribution in [0.15, 0.2) is 78.4 Å². The van der Waals surface area contributed by atoms with Crippen LogP contribution in [-0.4, -0.2) is 42.4 Å². The van der Waals surface area contributed by atoms with Gasteiger partial charge in [-0.2, -0.15) is 5.10 Å². The quantitative estimate of drug-likeness (QED) is 0.146. The van der Waals surface area contributed by atoms with E-state index in [9.17, 15) is 4.79 Å². The lowest BCUT2D eigenvalue weighted by atomic mass is 9.84. The number of urea groups is 1. The standard InChI is InChI=1S/C29H38N4O/c1-6-21-30-22-15-14-20-26(29(3,4)5)31-28(34)33(23-7-2)32-27(24-16-10-8-11-17-24)25-18-12-9-13-19-25/h2,6,8-13,16-19,26,30H,1,14-15,20-23H2,3-5H3,(H,31,34). The van der Waals surface area contributed by atoms with E-state index < -0.39 is 0 Å². The molecule has 5 heteroatoms. The minimum absolute atomic E-state index is 0.00761. The molecule has 2 aromatic rings. The van der Waals surface area contributed by atoms with Crippen molar-refractivity contribution >= 4 is 11.7 Å². The summed E-state index contributed by atoms with van der Waals surface area (Å²) in [6, 6.07) is 19.4. The Kier molecular flexibility index (Phi) is 11.1. The lowest BCUT2D eigenvalue weighted by Crippen LogP contribution is -2.48. The molecule has 0 spiro atoms. The summed E-state index contributed by atoms with van der Waals surface area (Å²) in [5.41, 5.74) is 2.44. The number of hydrazone groups is 1. The summed E-state index contributed by atoms with van der Waals surface area (Å²) in [5.74, 6) is 2.58. The summed E-state index contributed by atoms with van der Waals surface area (Å²) in [4.78, 5) is 13.4. The van der Waals surface area contributed by atoms with Crippen molar-refractivity contribution in [2.75, 3.05) is 19.6 Å². The van der Waals surface area contributed by atoms with Crippen LogP contribution in [0.3, 0.4) is 0 Å². The molecule has 0 radical (unpaired) electrons. The second kappa shape index (κ2) is 14.0. The van der Waals surface area contributed by atoms with E-state index in [-0.39, 0.29) is 24.0 Å². The summed E-state index contributed by atoms with van der Waals surface area (Å²) in [6.45, 7) is 12.0. The van der Waals surface area contributed by atoms with Gasteiger partial charge >= 0.3 is 6.03 Å². The fourth-order valence-corrected chi connectivity index (χ4v) is 3.58. The van der Waals surface area contributed by atoms with Gasteiger partial charge in [-0.25, -0.2) is 9.80 Å². The number of carbonyl (C=O) groups is 1. The van der Waals surface area contributed by atoms with Gasteiger partial charge in [0.25, 0.3) is 0 Å². The molecule has 0 bridgehead atoms. The van der Waals surface area contributed by atoms with Crippen LogP contribution in [0.2, 0.25) is 0 Å². The zero-order chi connectivity index (χ0) is 24.8. The van der Waals surface area contributed by atoms with Gasteiger partial charge in [-0.15, -0.1) is 13.0 Å². The topological polar surface area (TPSA) is 56.7 Å². The largest absolute Gasteiger partial charge is 0.338 e. The van der Waals surface area contributed by atoms with E-state index in [4.69, 9.17) is 11.5 Å². The van der Waals surface area contributed by atoms with Crippen LogP contribution in [0.25, 0.3) is 0 Å². The van der Waals surface area contributed by atoms with Gasteiger partial charge in [0.1, 0.15) is 6.54 Å². The summed E-state index contributed by atoms with van der Waals surface area (Å²) >= 11 is 0. The van der Waals surface area contributed by atoms with Crippen molar-refractivity contribution in [2.24, 2.45) is 10.5 Å². The Bertz CT molecular complexity index is 914. The number of unbranched alkanes of at least 4 members (excludes halogenated alkanes) is 1. The molecule has 0 aliphatic carbocycles. The number of terminal acetylenes is 1. The van der Waals surface area contributed by atoms with Gasteiger partial charge in [-0.3, -0.25) is 0 Å². The predicted octanol–water partition coefficient (Wildman–Crippen LogP) is 5.44. The number of hydrogen-bond donors (Lipinski definition) is 2. The summed E-state index contributed by atoms with van der Waals surface area (Å²) in [7, 11) is 0. The van der Waals surface area contributed by atoms with Gasteiger partial charge in [0, 0.05) is 23.7 Å². The number of carbonyl (C=O) groups excluding carboxylic acids is 1. The summed E-state index contributed by atoms with van der Waals surface area (Å²) in [6.07, 6.45) is 10.4. The van der Waals surface area contributed by atoms with Crippen LogP contribution in [-0.2, 0) is 0 Å². The van der Waals surface area contributed by atoms with Crippen molar-refractivity contribution in [3.05, 3.63) is 84.4 Å². The normalized spacial score (nSPS) is 11.7. The SMILES string of the molecule is C#CCN(N=C(c1ccccc1)c1ccccc1)C(=O)NC(CCCCNCC=C)C(C)(C)C. The molecule has 0 saturated heterocycles. The molecule has 2 amide bonds. The maximum Gasteiger partial charge on any atom is 0.338 e. The van der Waals surface area contributed by atoms with E-state index in [2.05, 4.69) is 43.9 Å². The van der Waals surface area contributed by atoms with Crippen molar-refractivity contribution < 1.29 is 4.79 Å². The first kappa shape index (κ1) is 26.9. The molecule has 1 unspecified atom stereocenters. The fraction of sp³-hybridized carbons (Fsp3) is 0.379. The zero-order valence-corrected chi connectivity index (χ0v) is 20.8. The van der Waals surface area contributed by atoms with Gasteiger partial charge < -0.3 is 10.6 Å². The first-order valence-corrected chi connectivity index (χ1v) is 11.9. The van der Waals surface area contributed by atoms with E-state index in [1.165, 1.54) is 5.01 Å². The van der Waals surface area contributed by atoms with Gasteiger partial charge in [0.15, 0.2) is 0 Å². The average Bonchev–Trinajstić information content (AvgIpc) is 2.83. The molecule has 0 heterocycles. The van der Waals surface area contributed by atoms with Crippen molar-refractivity contribution in [2.45, 2.75) is 46.1 Å². The van der Waals surface area contributed by atoms with Crippen LogP contribution in [0, 0.1) is 17.8 Å². The lowest BCUT2D eigenvalue weighted by Gasteiger charge is -2.33. The molecule has 2 aromatic carbocycles. The molecule has 2 N–H and O–H groups in total. The molecular formula is C29H38N4O. The first-order chi connectivity index (χ1) is 16.4. The fourth-order valence-electron chi connectivity index (χ4n) is 3.58. The Morgan fingerprint density at radius 1 is 1.09 bits per heavy atom. The summed E-state index contributed by atoms with van der Waals surface area (Å²) in [5, 5.41) is 12.6. The highest BCUT2D eigenvalue weighted by Gasteiger charge is 2.28. The first-order valence-electron chi connectivity index (χ1n) is 11.9. The molecule has 180 valence electrons. The number of nitrogens with zero attached hydrogens (tertiary/aromatic N) is 2. The average molecular weight is 459 g/mol. The molecule has 0 fully saturated rings. The molecular weight excluding hydrogens is 420 g/mol. The third-order valence-corrected chi connectivity index (χ3v) is 5.52. The highest BCUT2D eigenvalue weighted by atomic mass is 16.2. The number of benzene rings is 2. The maximum atomic E-state index is 13.4. The molecule has 2 rings (SSSR count). The molecule has 0 aromatic heterocycles. The summed E-state index contributed by atoms with van der Waals surface area (Å²) < 4.78 is 0. The van der Waals surface area contributed by atoms with E-state index in [1.807, 2.05) is 66.7 Å². The van der Waals surface area contributed by atoms with Gasteiger partial charge in [-0.05, 0) is 24.8 Å². The smallest absolute Gasteiger partial charge is 0.333 e. The van der Waals surface area contributed by atoms with Crippen LogP contribution in [0.1, 0.15) is 51.2 Å². The highest BCUT2D eigenvalue weighted by Crippen LogP contribution is 2.24.